The maximum absolute atomic E-state index is 13.8. The summed E-state index contributed by atoms with van der Waals surface area (Å²) in [6, 6.07) is 21.2. The lowest BCUT2D eigenvalue weighted by atomic mass is 9.99. The average Bonchev–Trinajstić information content (AvgIpc) is 2.79. The van der Waals surface area contributed by atoms with Crippen molar-refractivity contribution >= 4 is 46.6 Å². The van der Waals surface area contributed by atoms with Crippen molar-refractivity contribution in [1.82, 2.24) is 10.2 Å². The van der Waals surface area contributed by atoms with Crippen molar-refractivity contribution in [3.8, 4) is 0 Å². The van der Waals surface area contributed by atoms with Gasteiger partial charge in [0.05, 0.1) is 6.42 Å². The number of rotatable bonds is 8. The first-order chi connectivity index (χ1) is 16.5. The van der Waals surface area contributed by atoms with E-state index in [4.69, 9.17) is 34.8 Å². The van der Waals surface area contributed by atoms with Gasteiger partial charge in [-0.3, -0.25) is 9.59 Å². The van der Waals surface area contributed by atoms with E-state index in [2.05, 4.69) is 5.32 Å². The molecule has 0 radical (unpaired) electrons. The Bertz CT molecular complexity index is 1140. The molecule has 7 heteroatoms. The first kappa shape index (κ1) is 27.1. The van der Waals surface area contributed by atoms with Crippen LogP contribution >= 0.6 is 34.8 Å². The molecule has 0 spiro atoms. The lowest BCUT2D eigenvalue weighted by Gasteiger charge is -2.34. The molecular formula is C28H29Cl3N2O2. The van der Waals surface area contributed by atoms with Gasteiger partial charge in [0.15, 0.2) is 0 Å². The van der Waals surface area contributed by atoms with Crippen molar-refractivity contribution in [1.29, 1.82) is 0 Å². The Hall–Kier alpha value is -2.53. The molecule has 0 saturated carbocycles. The summed E-state index contributed by atoms with van der Waals surface area (Å²) >= 11 is 19.0. The zero-order chi connectivity index (χ0) is 25.6. The van der Waals surface area contributed by atoms with Crippen LogP contribution in [0.25, 0.3) is 0 Å². The number of hydrogen-bond acceptors (Lipinski definition) is 2. The van der Waals surface area contributed by atoms with Gasteiger partial charge in [-0.15, -0.1) is 0 Å². The highest BCUT2D eigenvalue weighted by Crippen LogP contribution is 2.28. The van der Waals surface area contributed by atoms with Crippen molar-refractivity contribution in [2.75, 3.05) is 0 Å². The second-order valence-electron chi connectivity index (χ2n) is 9.47. The average molecular weight is 532 g/mol. The summed E-state index contributed by atoms with van der Waals surface area (Å²) in [5, 5.41) is 4.52. The lowest BCUT2D eigenvalue weighted by molar-refractivity contribution is -0.141. The van der Waals surface area contributed by atoms with Gasteiger partial charge in [0.1, 0.15) is 6.04 Å². The van der Waals surface area contributed by atoms with Crippen LogP contribution in [-0.2, 0) is 29.0 Å². The molecule has 0 unspecified atom stereocenters. The third-order valence-electron chi connectivity index (χ3n) is 5.43. The van der Waals surface area contributed by atoms with E-state index < -0.39 is 11.6 Å². The van der Waals surface area contributed by atoms with E-state index in [1.165, 1.54) is 0 Å². The SMILES string of the molecule is CC(C)(C)NC(=O)[C@@H](Cc1ccccc1)N(Cc1c(Cl)cccc1Cl)C(=O)Cc1ccc(Cl)cc1. The molecule has 0 aliphatic rings. The van der Waals surface area contributed by atoms with Gasteiger partial charge in [-0.25, -0.2) is 0 Å². The molecule has 1 N–H and O–H groups in total. The molecule has 0 aliphatic heterocycles. The maximum atomic E-state index is 13.8. The van der Waals surface area contributed by atoms with Crippen LogP contribution < -0.4 is 5.32 Å². The number of halogens is 3. The van der Waals surface area contributed by atoms with E-state index in [0.717, 1.165) is 11.1 Å². The third kappa shape index (κ3) is 7.99. The van der Waals surface area contributed by atoms with Crippen LogP contribution in [-0.4, -0.2) is 28.3 Å². The molecule has 3 aromatic rings. The second-order valence-corrected chi connectivity index (χ2v) is 10.7. The molecule has 0 aliphatic carbocycles. The van der Waals surface area contributed by atoms with Gasteiger partial charge in [0, 0.05) is 39.1 Å². The molecule has 0 saturated heterocycles. The quantitative estimate of drug-likeness (QED) is 0.350. The molecule has 35 heavy (non-hydrogen) atoms. The van der Waals surface area contributed by atoms with Gasteiger partial charge in [-0.2, -0.15) is 0 Å². The number of hydrogen-bond donors (Lipinski definition) is 1. The van der Waals surface area contributed by atoms with Crippen molar-refractivity contribution < 1.29 is 9.59 Å². The summed E-state index contributed by atoms with van der Waals surface area (Å²) in [7, 11) is 0. The number of amides is 2. The topological polar surface area (TPSA) is 49.4 Å². The summed E-state index contributed by atoms with van der Waals surface area (Å²) in [6.45, 7) is 5.83. The summed E-state index contributed by atoms with van der Waals surface area (Å²) in [5.74, 6) is -0.456. The molecule has 0 aromatic heterocycles. The highest BCUT2D eigenvalue weighted by atomic mass is 35.5. The fourth-order valence-corrected chi connectivity index (χ4v) is 4.38. The summed E-state index contributed by atoms with van der Waals surface area (Å²) < 4.78 is 0. The Balaban J connectivity index is 2.03. The molecule has 1 atom stereocenters. The van der Waals surface area contributed by atoms with E-state index in [9.17, 15) is 9.59 Å². The summed E-state index contributed by atoms with van der Waals surface area (Å²) in [4.78, 5) is 28.9. The molecule has 3 rings (SSSR count). The summed E-state index contributed by atoms with van der Waals surface area (Å²) in [5.41, 5.74) is 1.86. The van der Waals surface area contributed by atoms with Gasteiger partial charge in [0.25, 0.3) is 0 Å². The predicted molar refractivity (Wildman–Crippen MR) is 144 cm³/mol. The number of carbonyl (C=O) groups is 2. The van der Waals surface area contributed by atoms with E-state index in [1.54, 1.807) is 35.2 Å². The second kappa shape index (κ2) is 11.9. The molecule has 184 valence electrons. The molecule has 4 nitrogen and oxygen atoms in total. The van der Waals surface area contributed by atoms with Crippen molar-refractivity contribution in [3.05, 3.63) is 105 Å². The van der Waals surface area contributed by atoms with Crippen molar-refractivity contribution in [3.63, 3.8) is 0 Å². The minimum Gasteiger partial charge on any atom is -0.350 e. The Labute approximate surface area is 222 Å². The minimum atomic E-state index is -0.774. The first-order valence-corrected chi connectivity index (χ1v) is 12.5. The fraction of sp³-hybridized carbons (Fsp3) is 0.286. The standard InChI is InChI=1S/C28H29Cl3N2O2/c1-28(2,3)32-27(35)25(16-19-8-5-4-6-9-19)33(18-22-23(30)10-7-11-24(22)31)26(34)17-20-12-14-21(29)15-13-20/h4-15,25H,16-18H2,1-3H3,(H,32,35)/t25-/m1/s1. The highest BCUT2D eigenvalue weighted by Gasteiger charge is 2.33. The van der Waals surface area contributed by atoms with Crippen LogP contribution in [0.1, 0.15) is 37.5 Å². The monoisotopic (exact) mass is 530 g/mol. The molecule has 0 heterocycles. The summed E-state index contributed by atoms with van der Waals surface area (Å²) in [6.07, 6.45) is 0.449. The fourth-order valence-electron chi connectivity index (χ4n) is 3.74. The smallest absolute Gasteiger partial charge is 0.243 e. The van der Waals surface area contributed by atoms with Crippen LogP contribution in [0.2, 0.25) is 15.1 Å². The van der Waals surface area contributed by atoms with Crippen LogP contribution in [0, 0.1) is 0 Å². The Morgan fingerprint density at radius 1 is 0.829 bits per heavy atom. The van der Waals surface area contributed by atoms with Crippen LogP contribution in [0.4, 0.5) is 0 Å². The normalized spacial score (nSPS) is 12.2. The first-order valence-electron chi connectivity index (χ1n) is 11.4. The third-order valence-corrected chi connectivity index (χ3v) is 6.39. The molecule has 0 bridgehead atoms. The minimum absolute atomic E-state index is 0.0972. The van der Waals surface area contributed by atoms with E-state index in [-0.39, 0.29) is 24.8 Å². The van der Waals surface area contributed by atoms with E-state index in [0.29, 0.717) is 27.1 Å². The molecule has 2 amide bonds. The highest BCUT2D eigenvalue weighted by molar-refractivity contribution is 6.36. The van der Waals surface area contributed by atoms with Crippen LogP contribution in [0.5, 0.6) is 0 Å². The van der Waals surface area contributed by atoms with Gasteiger partial charge >= 0.3 is 0 Å². The number of nitrogens with one attached hydrogen (secondary N) is 1. The molecule has 3 aromatic carbocycles. The van der Waals surface area contributed by atoms with Gasteiger partial charge in [-0.05, 0) is 56.2 Å². The van der Waals surface area contributed by atoms with Gasteiger partial charge < -0.3 is 10.2 Å². The van der Waals surface area contributed by atoms with Gasteiger partial charge in [-0.1, -0.05) is 83.3 Å². The van der Waals surface area contributed by atoms with Crippen LogP contribution in [0.15, 0.2) is 72.8 Å². The largest absolute Gasteiger partial charge is 0.350 e. The predicted octanol–water partition coefficient (Wildman–Crippen LogP) is 6.74. The van der Waals surface area contributed by atoms with E-state index >= 15 is 0 Å². The van der Waals surface area contributed by atoms with Crippen molar-refractivity contribution in [2.45, 2.75) is 51.7 Å². The van der Waals surface area contributed by atoms with E-state index in [1.807, 2.05) is 63.2 Å². The van der Waals surface area contributed by atoms with Gasteiger partial charge in [0.2, 0.25) is 11.8 Å². The van der Waals surface area contributed by atoms with Crippen molar-refractivity contribution in [2.24, 2.45) is 0 Å². The Morgan fingerprint density at radius 2 is 1.43 bits per heavy atom. The lowest BCUT2D eigenvalue weighted by Crippen LogP contribution is -2.54. The number of nitrogens with zero attached hydrogens (tertiary/aromatic N) is 1. The number of carbonyl (C=O) groups excluding carboxylic acids is 2. The van der Waals surface area contributed by atoms with Crippen LogP contribution in [0.3, 0.4) is 0 Å². The molecule has 0 fully saturated rings. The Kier molecular flexibility index (Phi) is 9.23. The Morgan fingerprint density at radius 3 is 2.00 bits per heavy atom. The number of benzene rings is 3. The molecular weight excluding hydrogens is 503 g/mol. The zero-order valence-electron chi connectivity index (χ0n) is 20.0. The zero-order valence-corrected chi connectivity index (χ0v) is 22.3. The maximum Gasteiger partial charge on any atom is 0.243 e.